The second kappa shape index (κ2) is 7.25. The van der Waals surface area contributed by atoms with Crippen LogP contribution in [-0.2, 0) is 22.0 Å². The number of aryl methyl sites for hydroxylation is 1. The van der Waals surface area contributed by atoms with E-state index in [4.69, 9.17) is 4.52 Å². The third kappa shape index (κ3) is 4.61. The molecular weight excluding hydrogens is 362 g/mol. The highest BCUT2D eigenvalue weighted by Gasteiger charge is 2.17. The number of benzene rings is 2. The van der Waals surface area contributed by atoms with Crippen LogP contribution in [0.3, 0.4) is 0 Å². The van der Waals surface area contributed by atoms with Crippen LogP contribution in [0.15, 0.2) is 57.9 Å². The lowest BCUT2D eigenvalue weighted by Gasteiger charge is -2.18. The lowest BCUT2D eigenvalue weighted by atomic mass is 9.87. The summed E-state index contributed by atoms with van der Waals surface area (Å²) < 4.78 is 32.3. The number of nitrogens with zero attached hydrogens (tertiary/aromatic N) is 2. The van der Waals surface area contributed by atoms with Crippen LogP contribution in [0.25, 0.3) is 11.4 Å². The first kappa shape index (κ1) is 19.3. The second-order valence-corrected chi connectivity index (χ2v) is 9.24. The minimum atomic E-state index is -3.63. The molecule has 0 spiro atoms. The molecule has 3 rings (SSSR count). The van der Waals surface area contributed by atoms with Crippen LogP contribution in [0.1, 0.15) is 37.8 Å². The van der Waals surface area contributed by atoms with Gasteiger partial charge in [-0.15, -0.1) is 0 Å². The molecule has 0 aliphatic rings. The largest absolute Gasteiger partial charge is 0.338 e. The summed E-state index contributed by atoms with van der Waals surface area (Å²) in [5, 5.41) is 3.94. The number of rotatable bonds is 5. The lowest BCUT2D eigenvalue weighted by Crippen LogP contribution is -2.23. The van der Waals surface area contributed by atoms with E-state index in [0.717, 1.165) is 11.1 Å². The van der Waals surface area contributed by atoms with Gasteiger partial charge in [0.2, 0.25) is 21.7 Å². The van der Waals surface area contributed by atoms with Gasteiger partial charge in [-0.2, -0.15) is 4.98 Å². The fourth-order valence-corrected chi connectivity index (χ4v) is 3.50. The summed E-state index contributed by atoms with van der Waals surface area (Å²) in [4.78, 5) is 4.48. The molecule has 1 N–H and O–H groups in total. The first-order chi connectivity index (χ1) is 12.6. The molecule has 27 heavy (non-hydrogen) atoms. The Kier molecular flexibility index (Phi) is 5.17. The van der Waals surface area contributed by atoms with E-state index < -0.39 is 10.0 Å². The first-order valence-electron chi connectivity index (χ1n) is 8.65. The smallest absolute Gasteiger partial charge is 0.242 e. The summed E-state index contributed by atoms with van der Waals surface area (Å²) in [6.07, 6.45) is 0. The van der Waals surface area contributed by atoms with Crippen molar-refractivity contribution < 1.29 is 12.9 Å². The zero-order chi connectivity index (χ0) is 19.7. The molecule has 0 amide bonds. The number of aromatic nitrogens is 2. The summed E-state index contributed by atoms with van der Waals surface area (Å²) in [6.45, 7) is 8.28. The Morgan fingerprint density at radius 2 is 1.63 bits per heavy atom. The van der Waals surface area contributed by atoms with Gasteiger partial charge in [0.25, 0.3) is 0 Å². The van der Waals surface area contributed by atoms with E-state index in [1.807, 2.05) is 31.2 Å². The molecule has 2 aromatic carbocycles. The van der Waals surface area contributed by atoms with Crippen molar-refractivity contribution in [2.24, 2.45) is 0 Å². The van der Waals surface area contributed by atoms with E-state index in [1.54, 1.807) is 24.3 Å². The van der Waals surface area contributed by atoms with Crippen molar-refractivity contribution in [3.8, 4) is 11.4 Å². The molecule has 3 aromatic rings. The van der Waals surface area contributed by atoms with Gasteiger partial charge in [-0.1, -0.05) is 67.9 Å². The molecule has 7 heteroatoms. The van der Waals surface area contributed by atoms with Gasteiger partial charge in [0.05, 0.1) is 11.4 Å². The van der Waals surface area contributed by atoms with Gasteiger partial charge < -0.3 is 4.52 Å². The third-order valence-electron chi connectivity index (χ3n) is 4.22. The number of hydrogen-bond acceptors (Lipinski definition) is 5. The van der Waals surface area contributed by atoms with Crippen LogP contribution in [0.2, 0.25) is 0 Å². The third-order valence-corrected chi connectivity index (χ3v) is 5.64. The summed E-state index contributed by atoms with van der Waals surface area (Å²) in [7, 11) is -3.63. The Bertz CT molecular complexity index is 1020. The van der Waals surface area contributed by atoms with E-state index in [0.29, 0.717) is 5.82 Å². The van der Waals surface area contributed by atoms with Crippen molar-refractivity contribution in [3.05, 3.63) is 65.5 Å². The second-order valence-electron chi connectivity index (χ2n) is 7.48. The predicted molar refractivity (Wildman–Crippen MR) is 104 cm³/mol. The molecule has 6 nitrogen and oxygen atoms in total. The van der Waals surface area contributed by atoms with Gasteiger partial charge in [-0.25, -0.2) is 13.1 Å². The molecule has 0 atom stereocenters. The van der Waals surface area contributed by atoms with E-state index in [-0.39, 0.29) is 22.7 Å². The fraction of sp³-hybridized carbons (Fsp3) is 0.300. The van der Waals surface area contributed by atoms with E-state index in [1.165, 1.54) is 5.56 Å². The molecule has 0 saturated heterocycles. The van der Waals surface area contributed by atoms with Crippen LogP contribution >= 0.6 is 0 Å². The van der Waals surface area contributed by atoms with E-state index >= 15 is 0 Å². The van der Waals surface area contributed by atoms with Crippen molar-refractivity contribution in [1.82, 2.24) is 14.9 Å². The molecule has 1 aromatic heterocycles. The summed E-state index contributed by atoms with van der Waals surface area (Å²) in [5.74, 6) is 0.639. The van der Waals surface area contributed by atoms with Gasteiger partial charge in [0, 0.05) is 5.56 Å². The van der Waals surface area contributed by atoms with Crippen molar-refractivity contribution in [1.29, 1.82) is 0 Å². The van der Waals surface area contributed by atoms with E-state index in [2.05, 4.69) is 35.6 Å². The Morgan fingerprint density at radius 3 is 2.22 bits per heavy atom. The Balaban J connectivity index is 1.70. The molecule has 0 bridgehead atoms. The number of sulfonamides is 1. The SMILES string of the molecule is Cc1ccc(S(=O)(=O)NCc2nc(-c3ccc(C(C)(C)C)cc3)no2)cc1. The minimum Gasteiger partial charge on any atom is -0.338 e. The Hall–Kier alpha value is -2.51. The van der Waals surface area contributed by atoms with Gasteiger partial charge >= 0.3 is 0 Å². The van der Waals surface area contributed by atoms with Crippen molar-refractivity contribution in [3.63, 3.8) is 0 Å². The average Bonchev–Trinajstić information content (AvgIpc) is 3.09. The van der Waals surface area contributed by atoms with Crippen LogP contribution in [-0.4, -0.2) is 18.6 Å². The zero-order valence-electron chi connectivity index (χ0n) is 15.9. The summed E-state index contributed by atoms with van der Waals surface area (Å²) >= 11 is 0. The standard InChI is InChI=1S/C20H23N3O3S/c1-14-5-11-17(12-6-14)27(24,25)21-13-18-22-19(23-26-18)15-7-9-16(10-8-15)20(2,3)4/h5-12,21H,13H2,1-4H3. The Morgan fingerprint density at radius 1 is 1.00 bits per heavy atom. The monoisotopic (exact) mass is 385 g/mol. The number of hydrogen-bond donors (Lipinski definition) is 1. The maximum atomic E-state index is 12.3. The molecule has 0 unspecified atom stereocenters. The lowest BCUT2D eigenvalue weighted by molar-refractivity contribution is 0.376. The fourth-order valence-electron chi connectivity index (χ4n) is 2.52. The highest BCUT2D eigenvalue weighted by atomic mass is 32.2. The van der Waals surface area contributed by atoms with Gasteiger partial charge in [0.15, 0.2) is 0 Å². The molecule has 0 aliphatic carbocycles. The van der Waals surface area contributed by atoms with Gasteiger partial charge in [-0.05, 0) is 30.0 Å². The quantitative estimate of drug-likeness (QED) is 0.722. The maximum Gasteiger partial charge on any atom is 0.242 e. The summed E-state index contributed by atoms with van der Waals surface area (Å²) in [6, 6.07) is 14.6. The molecular formula is C20H23N3O3S. The molecule has 142 valence electrons. The average molecular weight is 385 g/mol. The molecule has 0 radical (unpaired) electrons. The van der Waals surface area contributed by atoms with Crippen LogP contribution in [0.4, 0.5) is 0 Å². The highest BCUT2D eigenvalue weighted by molar-refractivity contribution is 7.89. The Labute approximate surface area is 159 Å². The predicted octanol–water partition coefficient (Wildman–Crippen LogP) is 3.82. The normalized spacial score (nSPS) is 12.3. The number of nitrogens with one attached hydrogen (secondary N) is 1. The van der Waals surface area contributed by atoms with Crippen LogP contribution in [0, 0.1) is 6.92 Å². The van der Waals surface area contributed by atoms with E-state index in [9.17, 15) is 8.42 Å². The molecule has 0 aliphatic heterocycles. The summed E-state index contributed by atoms with van der Waals surface area (Å²) in [5.41, 5.74) is 3.09. The first-order valence-corrected chi connectivity index (χ1v) is 10.1. The van der Waals surface area contributed by atoms with Crippen molar-refractivity contribution in [2.45, 2.75) is 44.6 Å². The molecule has 0 saturated carbocycles. The minimum absolute atomic E-state index is 0.0647. The molecule has 1 heterocycles. The zero-order valence-corrected chi connectivity index (χ0v) is 16.7. The van der Waals surface area contributed by atoms with Crippen molar-refractivity contribution in [2.75, 3.05) is 0 Å². The molecule has 0 fully saturated rings. The topological polar surface area (TPSA) is 85.1 Å². The van der Waals surface area contributed by atoms with Crippen LogP contribution in [0.5, 0.6) is 0 Å². The van der Waals surface area contributed by atoms with Gasteiger partial charge in [-0.3, -0.25) is 0 Å². The highest BCUT2D eigenvalue weighted by Crippen LogP contribution is 2.25. The van der Waals surface area contributed by atoms with Crippen molar-refractivity contribution >= 4 is 10.0 Å². The maximum absolute atomic E-state index is 12.3. The van der Waals surface area contributed by atoms with Crippen LogP contribution < -0.4 is 4.72 Å². The van der Waals surface area contributed by atoms with Gasteiger partial charge in [0.1, 0.15) is 0 Å².